The van der Waals surface area contributed by atoms with Crippen LogP contribution in [0.1, 0.15) is 35.2 Å². The van der Waals surface area contributed by atoms with E-state index in [1.807, 2.05) is 6.92 Å². The van der Waals surface area contributed by atoms with Gasteiger partial charge >= 0.3 is 21.5 Å². The number of carbonyl (C=O) groups is 2. The third kappa shape index (κ3) is 6.36. The molecule has 16 heteroatoms. The number of anilines is 1. The third-order valence-electron chi connectivity index (χ3n) is 5.85. The van der Waals surface area contributed by atoms with Crippen LogP contribution in [-0.2, 0) is 27.8 Å². The standard InChI is InChI=1S/C25H21BrClF3N4O6S/c1-2-5-18-32-23(27)21(24(37)31-11-19(35)36)34(18)12-13-8-9-17-15(10-13)20(26)22(40-17)14-6-3-4-7-16(14)33-41(38,39)25(28,29)30/h3-4,6-10,33H,2,5,11-12H2,1H3,(H,31,37)(H,35,36). The van der Waals surface area contributed by atoms with E-state index in [0.717, 1.165) is 0 Å². The monoisotopic (exact) mass is 676 g/mol. The number of aliphatic carboxylic acids is 1. The number of aromatic nitrogens is 2. The Morgan fingerprint density at radius 2 is 1.90 bits per heavy atom. The van der Waals surface area contributed by atoms with Gasteiger partial charge in [-0.15, -0.1) is 0 Å². The van der Waals surface area contributed by atoms with Crippen molar-refractivity contribution in [2.75, 3.05) is 11.3 Å². The average molecular weight is 678 g/mol. The molecule has 0 atom stereocenters. The number of benzene rings is 2. The molecule has 1 amide bonds. The van der Waals surface area contributed by atoms with Gasteiger partial charge in [0.1, 0.15) is 23.6 Å². The van der Waals surface area contributed by atoms with E-state index >= 15 is 0 Å². The number of furan rings is 1. The van der Waals surface area contributed by atoms with Gasteiger partial charge in [0.15, 0.2) is 10.9 Å². The fourth-order valence-corrected chi connectivity index (χ4v) is 5.52. The number of para-hydroxylation sites is 1. The van der Waals surface area contributed by atoms with Crippen molar-refractivity contribution in [2.24, 2.45) is 0 Å². The Balaban J connectivity index is 1.74. The minimum absolute atomic E-state index is 0.00529. The molecule has 3 N–H and O–H groups in total. The molecule has 2 aromatic heterocycles. The minimum Gasteiger partial charge on any atom is -0.480 e. The maximum absolute atomic E-state index is 13.0. The van der Waals surface area contributed by atoms with Crippen LogP contribution in [0.2, 0.25) is 5.15 Å². The third-order valence-corrected chi connectivity index (χ3v) is 8.00. The van der Waals surface area contributed by atoms with Gasteiger partial charge in [0.05, 0.1) is 10.2 Å². The lowest BCUT2D eigenvalue weighted by atomic mass is 10.1. The quantitative estimate of drug-likeness (QED) is 0.193. The zero-order chi connectivity index (χ0) is 30.1. The number of hydrogen-bond donors (Lipinski definition) is 3. The number of amides is 1. The molecular formula is C25H21BrClF3N4O6S. The first-order chi connectivity index (χ1) is 19.2. The summed E-state index contributed by atoms with van der Waals surface area (Å²) in [6.45, 7) is 1.43. The summed E-state index contributed by atoms with van der Waals surface area (Å²) >= 11 is 9.68. The highest BCUT2D eigenvalue weighted by atomic mass is 79.9. The van der Waals surface area contributed by atoms with Gasteiger partial charge in [-0.1, -0.05) is 36.7 Å². The van der Waals surface area contributed by atoms with Gasteiger partial charge in [0.25, 0.3) is 5.91 Å². The highest BCUT2D eigenvalue weighted by Crippen LogP contribution is 2.42. The number of nitrogens with zero attached hydrogens (tertiary/aromatic N) is 2. The summed E-state index contributed by atoms with van der Waals surface area (Å²) in [6.07, 6.45) is 1.18. The lowest BCUT2D eigenvalue weighted by Crippen LogP contribution is -2.31. The van der Waals surface area contributed by atoms with Crippen LogP contribution < -0.4 is 10.0 Å². The average Bonchev–Trinajstić information content (AvgIpc) is 3.38. The van der Waals surface area contributed by atoms with Crippen molar-refractivity contribution in [3.8, 4) is 11.3 Å². The lowest BCUT2D eigenvalue weighted by molar-refractivity contribution is -0.135. The van der Waals surface area contributed by atoms with Crippen LogP contribution in [0.25, 0.3) is 22.3 Å². The lowest BCUT2D eigenvalue weighted by Gasteiger charge is -2.13. The fraction of sp³-hybridized carbons (Fsp3) is 0.240. The van der Waals surface area contributed by atoms with Gasteiger partial charge in [0, 0.05) is 23.9 Å². The molecule has 2 aromatic carbocycles. The number of hydrogen-bond acceptors (Lipinski definition) is 6. The normalized spacial score (nSPS) is 12.0. The molecule has 2 heterocycles. The number of alkyl halides is 3. The van der Waals surface area contributed by atoms with Crippen molar-refractivity contribution in [1.29, 1.82) is 0 Å². The van der Waals surface area contributed by atoms with E-state index < -0.39 is 34.0 Å². The second-order valence-corrected chi connectivity index (χ2v) is 11.6. The SMILES string of the molecule is CCCc1nc(Cl)c(C(=O)NCC(=O)O)n1Cc1ccc2oc(-c3ccccc3NS(=O)(=O)C(F)(F)F)c(Br)c2c1. The molecule has 4 rings (SSSR count). The second-order valence-electron chi connectivity index (χ2n) is 8.75. The zero-order valence-corrected chi connectivity index (χ0v) is 24.2. The summed E-state index contributed by atoms with van der Waals surface area (Å²) in [5, 5.41) is 11.6. The molecule has 218 valence electrons. The number of imidazole rings is 1. The molecule has 0 aliphatic rings. The largest absolute Gasteiger partial charge is 0.516 e. The van der Waals surface area contributed by atoms with E-state index in [1.165, 1.54) is 24.3 Å². The summed E-state index contributed by atoms with van der Waals surface area (Å²) in [5.74, 6) is -1.34. The zero-order valence-electron chi connectivity index (χ0n) is 21.1. The molecule has 0 spiro atoms. The number of rotatable bonds is 10. The summed E-state index contributed by atoms with van der Waals surface area (Å²) in [7, 11) is -5.68. The number of aryl methyl sites for hydroxylation is 1. The Morgan fingerprint density at radius 1 is 1.20 bits per heavy atom. The van der Waals surface area contributed by atoms with Crippen LogP contribution in [0.3, 0.4) is 0 Å². The molecule has 0 aliphatic carbocycles. The molecule has 4 aromatic rings. The van der Waals surface area contributed by atoms with E-state index in [4.69, 9.17) is 21.1 Å². The molecule has 0 saturated carbocycles. The number of sulfonamides is 1. The van der Waals surface area contributed by atoms with Gasteiger partial charge in [-0.2, -0.15) is 21.6 Å². The minimum atomic E-state index is -5.68. The van der Waals surface area contributed by atoms with E-state index in [1.54, 1.807) is 27.5 Å². The highest BCUT2D eigenvalue weighted by Gasteiger charge is 2.46. The Hall–Kier alpha value is -3.56. The number of fused-ring (bicyclic) bond motifs is 1. The Labute approximate surface area is 244 Å². The van der Waals surface area contributed by atoms with Crippen molar-refractivity contribution in [2.45, 2.75) is 31.8 Å². The molecule has 0 bridgehead atoms. The van der Waals surface area contributed by atoms with Gasteiger partial charge in [-0.3, -0.25) is 14.3 Å². The second kappa shape index (κ2) is 11.7. The Morgan fingerprint density at radius 3 is 2.56 bits per heavy atom. The molecular weight excluding hydrogens is 657 g/mol. The van der Waals surface area contributed by atoms with Crippen LogP contribution in [0.4, 0.5) is 18.9 Å². The number of carboxylic acids is 1. The topological polar surface area (TPSA) is 144 Å². The van der Waals surface area contributed by atoms with Crippen molar-refractivity contribution in [1.82, 2.24) is 14.9 Å². The number of halogens is 5. The highest BCUT2D eigenvalue weighted by molar-refractivity contribution is 9.10. The van der Waals surface area contributed by atoms with Gasteiger partial charge in [-0.25, -0.2) is 4.98 Å². The summed E-state index contributed by atoms with van der Waals surface area (Å²) in [5.41, 5.74) is -4.78. The number of carbonyl (C=O) groups excluding carboxylic acids is 1. The van der Waals surface area contributed by atoms with Crippen LogP contribution in [0.15, 0.2) is 51.4 Å². The maximum atomic E-state index is 13.0. The maximum Gasteiger partial charge on any atom is 0.516 e. The molecule has 0 aliphatic heterocycles. The summed E-state index contributed by atoms with van der Waals surface area (Å²) < 4.78 is 71.9. The van der Waals surface area contributed by atoms with E-state index in [9.17, 15) is 31.2 Å². The van der Waals surface area contributed by atoms with Crippen molar-refractivity contribution in [3.05, 3.63) is 69.2 Å². The summed E-state index contributed by atoms with van der Waals surface area (Å²) in [4.78, 5) is 28.0. The smallest absolute Gasteiger partial charge is 0.480 e. The first-order valence-electron chi connectivity index (χ1n) is 11.9. The Kier molecular flexibility index (Phi) is 8.70. The first-order valence-corrected chi connectivity index (χ1v) is 14.5. The number of nitrogens with one attached hydrogen (secondary N) is 2. The van der Waals surface area contributed by atoms with Crippen LogP contribution in [-0.4, -0.2) is 47.0 Å². The van der Waals surface area contributed by atoms with Gasteiger partial charge in [0.2, 0.25) is 0 Å². The molecule has 0 fully saturated rings. The Bertz CT molecular complexity index is 1750. The predicted octanol–water partition coefficient (Wildman–Crippen LogP) is 5.79. The predicted molar refractivity (Wildman–Crippen MR) is 148 cm³/mol. The van der Waals surface area contributed by atoms with Crippen LogP contribution >= 0.6 is 27.5 Å². The molecule has 0 unspecified atom stereocenters. The summed E-state index contributed by atoms with van der Waals surface area (Å²) in [6, 6.07) is 10.5. The molecule has 41 heavy (non-hydrogen) atoms. The first kappa shape index (κ1) is 30.4. The van der Waals surface area contributed by atoms with Crippen LogP contribution in [0, 0.1) is 0 Å². The van der Waals surface area contributed by atoms with Gasteiger partial charge < -0.3 is 19.4 Å². The van der Waals surface area contributed by atoms with Gasteiger partial charge in [-0.05, 0) is 52.2 Å². The van der Waals surface area contributed by atoms with E-state index in [0.29, 0.717) is 39.7 Å². The van der Waals surface area contributed by atoms with Crippen molar-refractivity contribution < 1.29 is 40.7 Å². The molecule has 0 radical (unpaired) electrons. The number of carboxylic acid groups (broad SMARTS) is 1. The van der Waals surface area contributed by atoms with Crippen molar-refractivity contribution >= 4 is 66.1 Å². The van der Waals surface area contributed by atoms with Crippen molar-refractivity contribution in [3.63, 3.8) is 0 Å². The molecule has 10 nitrogen and oxygen atoms in total. The van der Waals surface area contributed by atoms with E-state index in [-0.39, 0.29) is 34.4 Å². The van der Waals surface area contributed by atoms with E-state index in [2.05, 4.69) is 26.2 Å². The van der Waals surface area contributed by atoms with Crippen LogP contribution in [0.5, 0.6) is 0 Å². The molecule has 0 saturated heterocycles. The fourth-order valence-electron chi connectivity index (χ4n) is 4.05.